The smallest absolute Gasteiger partial charge is 0.0622 e. The van der Waals surface area contributed by atoms with Gasteiger partial charge in [-0.15, -0.1) is 0 Å². The van der Waals surface area contributed by atoms with Gasteiger partial charge in [0.15, 0.2) is 0 Å². The summed E-state index contributed by atoms with van der Waals surface area (Å²) in [6.07, 6.45) is 0. The van der Waals surface area contributed by atoms with Crippen LogP contribution in [0.3, 0.4) is 0 Å². The molecule has 102 valence electrons. The molecule has 0 N–H and O–H groups in total. The maximum absolute atomic E-state index is 3.56. The molecule has 2 aromatic rings. The van der Waals surface area contributed by atoms with Crippen LogP contribution in [0.4, 0.5) is 0 Å². The molecule has 0 fully saturated rings. The second-order valence-corrected chi connectivity index (χ2v) is 9.30. The van der Waals surface area contributed by atoms with Crippen molar-refractivity contribution in [3.63, 3.8) is 0 Å². The Morgan fingerprint density at radius 2 is 0.800 bits per heavy atom. The van der Waals surface area contributed by atoms with Crippen LogP contribution in [0.15, 0.2) is 67.4 Å². The molecule has 0 nitrogen and oxygen atoms in total. The standard InChI is InChI=1S/C16H10Br4/c17-15(18)13(11-7-3-1-4-8-11)14(16(19)20)12-9-5-2-6-10-12/h1-10H. The van der Waals surface area contributed by atoms with Crippen molar-refractivity contribution in [1.82, 2.24) is 0 Å². The van der Waals surface area contributed by atoms with Crippen LogP contribution >= 0.6 is 63.7 Å². The molecule has 20 heavy (non-hydrogen) atoms. The van der Waals surface area contributed by atoms with Gasteiger partial charge in [-0.2, -0.15) is 0 Å². The fraction of sp³-hybridized carbons (Fsp3) is 0. The zero-order valence-corrected chi connectivity index (χ0v) is 16.6. The van der Waals surface area contributed by atoms with Gasteiger partial charge in [-0.25, -0.2) is 0 Å². The van der Waals surface area contributed by atoms with E-state index in [1.165, 1.54) is 0 Å². The largest absolute Gasteiger partial charge is 0.0689 e. The summed E-state index contributed by atoms with van der Waals surface area (Å²) in [4.78, 5) is 0. The number of halogens is 4. The average molecular weight is 522 g/mol. The quantitative estimate of drug-likeness (QED) is 0.372. The van der Waals surface area contributed by atoms with Crippen LogP contribution in [0.2, 0.25) is 0 Å². The number of rotatable bonds is 3. The van der Waals surface area contributed by atoms with Gasteiger partial charge in [0.1, 0.15) is 0 Å². The minimum Gasteiger partial charge on any atom is -0.0622 e. The average Bonchev–Trinajstić information content (AvgIpc) is 2.45. The zero-order valence-electron chi connectivity index (χ0n) is 10.3. The topological polar surface area (TPSA) is 0 Å². The molecule has 0 spiro atoms. The molecule has 0 amide bonds. The highest BCUT2D eigenvalue weighted by Crippen LogP contribution is 2.42. The van der Waals surface area contributed by atoms with E-state index < -0.39 is 0 Å². The molecule has 0 bridgehead atoms. The normalized spacial score (nSPS) is 10.0. The Labute approximate surface area is 152 Å². The number of hydrogen-bond donors (Lipinski definition) is 0. The van der Waals surface area contributed by atoms with Crippen molar-refractivity contribution in [2.45, 2.75) is 0 Å². The van der Waals surface area contributed by atoms with Crippen molar-refractivity contribution in [2.75, 3.05) is 0 Å². The first-order chi connectivity index (χ1) is 9.61. The fourth-order valence-electron chi connectivity index (χ4n) is 1.91. The van der Waals surface area contributed by atoms with Crippen molar-refractivity contribution in [3.8, 4) is 0 Å². The lowest BCUT2D eigenvalue weighted by atomic mass is 9.95. The highest BCUT2D eigenvalue weighted by molar-refractivity contribution is 9.29. The van der Waals surface area contributed by atoms with Gasteiger partial charge < -0.3 is 0 Å². The lowest BCUT2D eigenvalue weighted by molar-refractivity contribution is 1.59. The Balaban J connectivity index is 2.65. The number of hydrogen-bond acceptors (Lipinski definition) is 0. The lowest BCUT2D eigenvalue weighted by Crippen LogP contribution is -1.92. The molecule has 0 unspecified atom stereocenters. The molecule has 0 aliphatic rings. The molecule has 0 aliphatic heterocycles. The predicted octanol–water partition coefficient (Wildman–Crippen LogP) is 7.30. The summed E-state index contributed by atoms with van der Waals surface area (Å²) in [5, 5.41) is 0. The predicted molar refractivity (Wildman–Crippen MR) is 102 cm³/mol. The zero-order chi connectivity index (χ0) is 14.5. The molecule has 2 rings (SSSR count). The Kier molecular flexibility index (Phi) is 6.27. The van der Waals surface area contributed by atoms with Crippen LogP contribution < -0.4 is 0 Å². The molecule has 0 aliphatic carbocycles. The van der Waals surface area contributed by atoms with E-state index in [-0.39, 0.29) is 0 Å². The van der Waals surface area contributed by atoms with Gasteiger partial charge in [0.2, 0.25) is 0 Å². The molecule has 0 aromatic heterocycles. The minimum absolute atomic E-state index is 0.909. The van der Waals surface area contributed by atoms with E-state index in [0.717, 1.165) is 29.1 Å². The van der Waals surface area contributed by atoms with Crippen molar-refractivity contribution in [2.24, 2.45) is 0 Å². The van der Waals surface area contributed by atoms with Gasteiger partial charge in [-0.1, -0.05) is 60.7 Å². The molecule has 0 saturated heterocycles. The molecule has 0 heterocycles. The van der Waals surface area contributed by atoms with E-state index in [9.17, 15) is 0 Å². The van der Waals surface area contributed by atoms with Crippen LogP contribution in [-0.2, 0) is 0 Å². The van der Waals surface area contributed by atoms with E-state index in [4.69, 9.17) is 0 Å². The van der Waals surface area contributed by atoms with Crippen molar-refractivity contribution in [1.29, 1.82) is 0 Å². The summed E-state index contributed by atoms with van der Waals surface area (Å²) in [5.41, 5.74) is 4.43. The summed E-state index contributed by atoms with van der Waals surface area (Å²) in [6.45, 7) is 0. The number of allylic oxidation sites excluding steroid dienone is 2. The Morgan fingerprint density at radius 3 is 1.05 bits per heavy atom. The summed E-state index contributed by atoms with van der Waals surface area (Å²) >= 11 is 14.3. The second-order valence-electron chi connectivity index (χ2n) is 4.00. The van der Waals surface area contributed by atoms with Crippen molar-refractivity contribution < 1.29 is 0 Å². The van der Waals surface area contributed by atoms with Gasteiger partial charge in [0.05, 0.1) is 6.78 Å². The SMILES string of the molecule is BrC(Br)=C(C(=C(Br)Br)c1ccccc1)c1ccccc1. The second kappa shape index (κ2) is 7.74. The maximum Gasteiger partial charge on any atom is 0.0689 e. The fourth-order valence-corrected chi connectivity index (χ4v) is 3.61. The van der Waals surface area contributed by atoms with Gasteiger partial charge in [0, 0.05) is 11.1 Å². The monoisotopic (exact) mass is 518 g/mol. The molecule has 0 saturated carbocycles. The van der Waals surface area contributed by atoms with Crippen molar-refractivity contribution >= 4 is 74.9 Å². The third-order valence-electron chi connectivity index (χ3n) is 2.75. The first-order valence-electron chi connectivity index (χ1n) is 5.83. The lowest BCUT2D eigenvalue weighted by Gasteiger charge is -2.14. The highest BCUT2D eigenvalue weighted by Gasteiger charge is 2.16. The Bertz CT molecular complexity index is 575. The van der Waals surface area contributed by atoms with E-state index in [1.807, 2.05) is 36.4 Å². The third-order valence-corrected chi connectivity index (χ3v) is 4.34. The van der Waals surface area contributed by atoms with Gasteiger partial charge in [-0.3, -0.25) is 0 Å². The molecular weight excluding hydrogens is 512 g/mol. The maximum atomic E-state index is 3.56. The van der Waals surface area contributed by atoms with Crippen LogP contribution in [0.5, 0.6) is 0 Å². The highest BCUT2D eigenvalue weighted by atomic mass is 79.9. The molecule has 4 heteroatoms. The van der Waals surface area contributed by atoms with Crippen LogP contribution in [0.25, 0.3) is 11.1 Å². The minimum atomic E-state index is 0.909. The summed E-state index contributed by atoms with van der Waals surface area (Å²) in [5.74, 6) is 0. The van der Waals surface area contributed by atoms with Crippen LogP contribution in [0.1, 0.15) is 11.1 Å². The van der Waals surface area contributed by atoms with E-state index in [2.05, 4.69) is 88.0 Å². The van der Waals surface area contributed by atoms with Crippen LogP contribution in [0, 0.1) is 0 Å². The van der Waals surface area contributed by atoms with Crippen LogP contribution in [-0.4, -0.2) is 0 Å². The van der Waals surface area contributed by atoms with Crippen molar-refractivity contribution in [3.05, 3.63) is 78.6 Å². The third kappa shape index (κ3) is 3.94. The van der Waals surface area contributed by atoms with E-state index in [1.54, 1.807) is 0 Å². The Hall–Kier alpha value is -0.160. The summed E-state index contributed by atoms with van der Waals surface area (Å²) in [7, 11) is 0. The number of benzene rings is 2. The molecule has 2 aromatic carbocycles. The molecule has 0 atom stereocenters. The van der Waals surface area contributed by atoms with E-state index in [0.29, 0.717) is 0 Å². The van der Waals surface area contributed by atoms with Gasteiger partial charge in [0.25, 0.3) is 0 Å². The summed E-state index contributed by atoms with van der Waals surface area (Å²) < 4.78 is 1.82. The first kappa shape index (κ1) is 16.2. The first-order valence-corrected chi connectivity index (χ1v) is 9.00. The summed E-state index contributed by atoms with van der Waals surface area (Å²) in [6, 6.07) is 20.5. The van der Waals surface area contributed by atoms with Gasteiger partial charge >= 0.3 is 0 Å². The molecular formula is C16H10Br4. The van der Waals surface area contributed by atoms with E-state index >= 15 is 0 Å². The Morgan fingerprint density at radius 1 is 0.500 bits per heavy atom. The van der Waals surface area contributed by atoms with Gasteiger partial charge in [-0.05, 0) is 74.8 Å². The molecule has 0 radical (unpaired) electrons.